The summed E-state index contributed by atoms with van der Waals surface area (Å²) < 4.78 is 5.36. The number of nitro benzene ring substituents is 1. The Morgan fingerprint density at radius 1 is 1.52 bits per heavy atom. The van der Waals surface area contributed by atoms with Gasteiger partial charge in [-0.2, -0.15) is 0 Å². The number of non-ortho nitro benzene ring substituents is 1. The van der Waals surface area contributed by atoms with E-state index in [1.165, 1.54) is 6.07 Å². The maximum atomic E-state index is 11.0. The molecule has 0 aromatic heterocycles. The van der Waals surface area contributed by atoms with Crippen LogP contribution in [-0.2, 0) is 6.54 Å². The molecule has 0 radical (unpaired) electrons. The summed E-state index contributed by atoms with van der Waals surface area (Å²) in [5.74, 6) is 0.715. The second kappa shape index (κ2) is 7.38. The maximum Gasteiger partial charge on any atom is 0.270 e. The van der Waals surface area contributed by atoms with E-state index in [-0.39, 0.29) is 10.6 Å². The monoisotopic (exact) mass is 293 g/mol. The molecule has 1 atom stereocenters. The highest BCUT2D eigenvalue weighted by Crippen LogP contribution is 2.26. The third-order valence-corrected chi connectivity index (χ3v) is 3.91. The van der Waals surface area contributed by atoms with Crippen molar-refractivity contribution in [3.05, 3.63) is 33.9 Å². The van der Waals surface area contributed by atoms with Gasteiger partial charge in [-0.05, 0) is 32.0 Å². The molecule has 1 aromatic carbocycles. The van der Waals surface area contributed by atoms with Crippen molar-refractivity contribution in [3.63, 3.8) is 0 Å². The van der Waals surface area contributed by atoms with Crippen LogP contribution in [0.1, 0.15) is 25.3 Å². The van der Waals surface area contributed by atoms with E-state index in [2.05, 4.69) is 17.1 Å². The number of hydrogen-bond donors (Lipinski definition) is 1. The highest BCUT2D eigenvalue weighted by molar-refractivity contribution is 5.43. The van der Waals surface area contributed by atoms with Crippen LogP contribution in [0.15, 0.2) is 18.2 Å². The third kappa shape index (κ3) is 3.92. The molecule has 116 valence electrons. The van der Waals surface area contributed by atoms with Gasteiger partial charge >= 0.3 is 0 Å². The molecular weight excluding hydrogens is 270 g/mol. The van der Waals surface area contributed by atoms with Crippen LogP contribution in [0.3, 0.4) is 0 Å². The van der Waals surface area contributed by atoms with Gasteiger partial charge < -0.3 is 10.1 Å². The van der Waals surface area contributed by atoms with Gasteiger partial charge in [0.05, 0.1) is 12.0 Å². The Kier molecular flexibility index (Phi) is 5.52. The first kappa shape index (κ1) is 15.7. The van der Waals surface area contributed by atoms with Crippen LogP contribution in [0.4, 0.5) is 5.69 Å². The lowest BCUT2D eigenvalue weighted by Gasteiger charge is -2.28. The summed E-state index contributed by atoms with van der Waals surface area (Å²) in [6.45, 7) is 5.84. The first-order valence-corrected chi connectivity index (χ1v) is 7.41. The number of hydrogen-bond acceptors (Lipinski definition) is 5. The van der Waals surface area contributed by atoms with Crippen molar-refractivity contribution in [1.82, 2.24) is 10.2 Å². The molecule has 1 N–H and O–H groups in total. The van der Waals surface area contributed by atoms with Crippen LogP contribution in [0.5, 0.6) is 5.75 Å². The lowest BCUT2D eigenvalue weighted by atomic mass is 10.1. The molecule has 0 amide bonds. The molecular formula is C15H23N3O3. The van der Waals surface area contributed by atoms with Crippen LogP contribution in [0.25, 0.3) is 0 Å². The predicted octanol–water partition coefficient (Wildman–Crippen LogP) is 2.18. The second-order valence-electron chi connectivity index (χ2n) is 5.37. The Morgan fingerprint density at radius 2 is 2.33 bits per heavy atom. The van der Waals surface area contributed by atoms with Gasteiger partial charge in [-0.3, -0.25) is 15.0 Å². The third-order valence-electron chi connectivity index (χ3n) is 3.91. The van der Waals surface area contributed by atoms with E-state index in [0.717, 1.165) is 38.0 Å². The SMILES string of the molecule is CCCN(Cc1cc([N+](=O)[O-])ccc1OC)C1CCNC1. The largest absolute Gasteiger partial charge is 0.496 e. The molecule has 0 spiro atoms. The molecule has 1 aliphatic rings. The minimum atomic E-state index is -0.357. The quantitative estimate of drug-likeness (QED) is 0.616. The Balaban J connectivity index is 2.21. The molecule has 2 rings (SSSR count). The van der Waals surface area contributed by atoms with E-state index >= 15 is 0 Å². The van der Waals surface area contributed by atoms with E-state index in [9.17, 15) is 10.1 Å². The fourth-order valence-electron chi connectivity index (χ4n) is 2.85. The number of nitrogens with one attached hydrogen (secondary N) is 1. The first-order valence-electron chi connectivity index (χ1n) is 7.41. The van der Waals surface area contributed by atoms with E-state index < -0.39 is 0 Å². The molecule has 0 aliphatic carbocycles. The summed E-state index contributed by atoms with van der Waals surface area (Å²) in [5.41, 5.74) is 0.999. The number of rotatable bonds is 7. The van der Waals surface area contributed by atoms with Crippen molar-refractivity contribution < 1.29 is 9.66 Å². The van der Waals surface area contributed by atoms with Crippen molar-refractivity contribution in [2.75, 3.05) is 26.7 Å². The van der Waals surface area contributed by atoms with Crippen molar-refractivity contribution in [1.29, 1.82) is 0 Å². The van der Waals surface area contributed by atoms with Crippen LogP contribution in [0.2, 0.25) is 0 Å². The zero-order valence-electron chi connectivity index (χ0n) is 12.7. The summed E-state index contributed by atoms with van der Waals surface area (Å²) in [6.07, 6.45) is 2.19. The molecule has 1 heterocycles. The lowest BCUT2D eigenvalue weighted by molar-refractivity contribution is -0.385. The number of methoxy groups -OCH3 is 1. The summed E-state index contributed by atoms with van der Waals surface area (Å²) in [4.78, 5) is 13.0. The van der Waals surface area contributed by atoms with Gasteiger partial charge in [-0.25, -0.2) is 0 Å². The molecule has 1 saturated heterocycles. The highest BCUT2D eigenvalue weighted by atomic mass is 16.6. The number of ether oxygens (including phenoxy) is 1. The van der Waals surface area contributed by atoms with Gasteiger partial charge in [0.25, 0.3) is 5.69 Å². The van der Waals surface area contributed by atoms with Crippen LogP contribution < -0.4 is 10.1 Å². The Hall–Kier alpha value is -1.66. The molecule has 1 unspecified atom stereocenters. The zero-order chi connectivity index (χ0) is 15.2. The summed E-state index contributed by atoms with van der Waals surface area (Å²) in [7, 11) is 1.60. The van der Waals surface area contributed by atoms with E-state index in [0.29, 0.717) is 18.3 Å². The molecule has 1 aromatic rings. The summed E-state index contributed by atoms with van der Waals surface area (Å²) >= 11 is 0. The molecule has 1 aliphatic heterocycles. The number of nitro groups is 1. The fourth-order valence-corrected chi connectivity index (χ4v) is 2.85. The fraction of sp³-hybridized carbons (Fsp3) is 0.600. The molecule has 1 fully saturated rings. The van der Waals surface area contributed by atoms with Gasteiger partial charge in [-0.1, -0.05) is 6.92 Å². The average molecular weight is 293 g/mol. The molecule has 6 heteroatoms. The summed E-state index contributed by atoms with van der Waals surface area (Å²) in [5, 5.41) is 14.3. The second-order valence-corrected chi connectivity index (χ2v) is 5.37. The van der Waals surface area contributed by atoms with Crippen molar-refractivity contribution in [2.24, 2.45) is 0 Å². The minimum absolute atomic E-state index is 0.117. The normalized spacial score (nSPS) is 18.1. The van der Waals surface area contributed by atoms with Crippen LogP contribution in [0, 0.1) is 10.1 Å². The predicted molar refractivity (Wildman–Crippen MR) is 81.6 cm³/mol. The number of nitrogens with zero attached hydrogens (tertiary/aromatic N) is 2. The average Bonchev–Trinajstić information content (AvgIpc) is 3.00. The van der Waals surface area contributed by atoms with Crippen molar-refractivity contribution >= 4 is 5.69 Å². The Labute approximate surface area is 125 Å². The van der Waals surface area contributed by atoms with Crippen LogP contribution >= 0.6 is 0 Å². The van der Waals surface area contributed by atoms with E-state index in [1.54, 1.807) is 19.2 Å². The number of benzene rings is 1. The van der Waals surface area contributed by atoms with E-state index in [4.69, 9.17) is 4.74 Å². The lowest BCUT2D eigenvalue weighted by Crippen LogP contribution is -2.37. The highest BCUT2D eigenvalue weighted by Gasteiger charge is 2.23. The van der Waals surface area contributed by atoms with Gasteiger partial charge in [0.15, 0.2) is 0 Å². The Morgan fingerprint density at radius 3 is 2.90 bits per heavy atom. The smallest absolute Gasteiger partial charge is 0.270 e. The van der Waals surface area contributed by atoms with E-state index in [1.807, 2.05) is 0 Å². The van der Waals surface area contributed by atoms with Crippen molar-refractivity contribution in [3.8, 4) is 5.75 Å². The standard InChI is InChI=1S/C15H23N3O3/c1-3-8-17(14-6-7-16-10-14)11-12-9-13(18(19)20)4-5-15(12)21-2/h4-5,9,14,16H,3,6-8,10-11H2,1-2H3. The molecule has 0 saturated carbocycles. The van der Waals surface area contributed by atoms with Crippen LogP contribution in [-0.4, -0.2) is 42.6 Å². The topological polar surface area (TPSA) is 67.6 Å². The van der Waals surface area contributed by atoms with Gasteiger partial charge in [-0.15, -0.1) is 0 Å². The molecule has 0 bridgehead atoms. The van der Waals surface area contributed by atoms with Crippen molar-refractivity contribution in [2.45, 2.75) is 32.4 Å². The molecule has 6 nitrogen and oxygen atoms in total. The first-order chi connectivity index (χ1) is 10.2. The van der Waals surface area contributed by atoms with Gasteiger partial charge in [0.2, 0.25) is 0 Å². The Bertz CT molecular complexity index is 487. The van der Waals surface area contributed by atoms with Gasteiger partial charge in [0, 0.05) is 36.8 Å². The minimum Gasteiger partial charge on any atom is -0.496 e. The summed E-state index contributed by atoms with van der Waals surface area (Å²) in [6, 6.07) is 5.30. The molecule has 21 heavy (non-hydrogen) atoms. The zero-order valence-corrected chi connectivity index (χ0v) is 12.7. The van der Waals surface area contributed by atoms with Gasteiger partial charge in [0.1, 0.15) is 5.75 Å². The maximum absolute atomic E-state index is 11.0.